The predicted molar refractivity (Wildman–Crippen MR) is 84.8 cm³/mol. The lowest BCUT2D eigenvalue weighted by Crippen LogP contribution is -2.46. The van der Waals surface area contributed by atoms with Crippen molar-refractivity contribution < 1.29 is 4.74 Å². The molecule has 2 fully saturated rings. The minimum Gasteiger partial charge on any atom is -0.485 e. The van der Waals surface area contributed by atoms with E-state index in [1.165, 1.54) is 37.1 Å². The molecule has 2 unspecified atom stereocenters. The number of hydrogen-bond donors (Lipinski definition) is 1. The Balaban J connectivity index is 1.73. The zero-order chi connectivity index (χ0) is 14.3. The molecule has 1 aromatic carbocycles. The first-order valence-electron chi connectivity index (χ1n) is 8.56. The third kappa shape index (κ3) is 2.36. The fourth-order valence-corrected chi connectivity index (χ4v) is 4.27. The van der Waals surface area contributed by atoms with Gasteiger partial charge in [0.05, 0.1) is 0 Å². The van der Waals surface area contributed by atoms with Gasteiger partial charge in [0.2, 0.25) is 0 Å². The van der Waals surface area contributed by atoms with Crippen molar-refractivity contribution in [2.75, 3.05) is 26.2 Å². The molecule has 3 heterocycles. The van der Waals surface area contributed by atoms with Gasteiger partial charge in [-0.25, -0.2) is 0 Å². The molecule has 0 amide bonds. The first-order chi connectivity index (χ1) is 10.3. The molecule has 0 saturated carbocycles. The molecule has 0 radical (unpaired) electrons. The van der Waals surface area contributed by atoms with Crippen molar-refractivity contribution in [1.29, 1.82) is 0 Å². The van der Waals surface area contributed by atoms with Gasteiger partial charge < -0.3 is 10.1 Å². The second kappa shape index (κ2) is 5.29. The molecule has 1 N–H and O–H groups in total. The lowest BCUT2D eigenvalue weighted by molar-refractivity contribution is 0.0228. The average Bonchev–Trinajstić information content (AvgIpc) is 3.18. The third-order valence-electron chi connectivity index (χ3n) is 5.52. The molecule has 3 nitrogen and oxygen atoms in total. The average molecular weight is 286 g/mol. The second-order valence-corrected chi connectivity index (χ2v) is 6.90. The van der Waals surface area contributed by atoms with Crippen LogP contribution in [-0.4, -0.2) is 36.7 Å². The minimum absolute atomic E-state index is 0.0357. The Morgan fingerprint density at radius 2 is 2.19 bits per heavy atom. The Kier molecular flexibility index (Phi) is 3.43. The first kappa shape index (κ1) is 13.6. The van der Waals surface area contributed by atoms with Crippen LogP contribution < -0.4 is 10.1 Å². The van der Waals surface area contributed by atoms with Crippen LogP contribution in [0.3, 0.4) is 0 Å². The highest BCUT2D eigenvalue weighted by molar-refractivity contribution is 5.42. The van der Waals surface area contributed by atoms with Crippen LogP contribution in [-0.2, 0) is 6.42 Å². The number of likely N-dealkylation sites (tertiary alicyclic amines) is 1. The van der Waals surface area contributed by atoms with E-state index in [0.717, 1.165) is 38.1 Å². The maximum atomic E-state index is 6.48. The monoisotopic (exact) mass is 286 g/mol. The third-order valence-corrected chi connectivity index (χ3v) is 5.52. The highest BCUT2D eigenvalue weighted by Gasteiger charge is 2.45. The Morgan fingerprint density at radius 1 is 1.33 bits per heavy atom. The van der Waals surface area contributed by atoms with Gasteiger partial charge in [0.25, 0.3) is 0 Å². The summed E-state index contributed by atoms with van der Waals surface area (Å²) in [5, 5.41) is 3.50. The van der Waals surface area contributed by atoms with Crippen molar-refractivity contribution >= 4 is 0 Å². The molecular formula is C18H26N2O. The summed E-state index contributed by atoms with van der Waals surface area (Å²) in [6, 6.07) is 7.41. The van der Waals surface area contributed by atoms with E-state index in [1.807, 2.05) is 0 Å². The van der Waals surface area contributed by atoms with Crippen LogP contribution in [0.15, 0.2) is 18.2 Å². The van der Waals surface area contributed by atoms with Gasteiger partial charge in [-0.2, -0.15) is 0 Å². The van der Waals surface area contributed by atoms with Crippen LogP contribution in [0.25, 0.3) is 0 Å². The summed E-state index contributed by atoms with van der Waals surface area (Å²) in [6.07, 6.45) is 6.11. The lowest BCUT2D eigenvalue weighted by atomic mass is 9.85. The first-order valence-corrected chi connectivity index (χ1v) is 8.56. The molecule has 4 rings (SSSR count). The maximum Gasteiger partial charge on any atom is 0.125 e. The van der Waals surface area contributed by atoms with Crippen molar-refractivity contribution in [2.24, 2.45) is 0 Å². The summed E-state index contributed by atoms with van der Waals surface area (Å²) in [5.74, 6) is 1.14. The van der Waals surface area contributed by atoms with Gasteiger partial charge >= 0.3 is 0 Å². The summed E-state index contributed by atoms with van der Waals surface area (Å²) < 4.78 is 6.48. The van der Waals surface area contributed by atoms with E-state index < -0.39 is 0 Å². The van der Waals surface area contributed by atoms with Crippen LogP contribution in [0.1, 0.15) is 49.8 Å². The molecule has 3 heteroatoms. The summed E-state index contributed by atoms with van der Waals surface area (Å²) in [6.45, 7) is 6.84. The summed E-state index contributed by atoms with van der Waals surface area (Å²) >= 11 is 0. The molecule has 2 saturated heterocycles. The summed E-state index contributed by atoms with van der Waals surface area (Å²) in [7, 11) is 0. The number of ether oxygens (including phenoxy) is 1. The number of nitrogens with zero attached hydrogens (tertiary/aromatic N) is 1. The van der Waals surface area contributed by atoms with Gasteiger partial charge in [-0.05, 0) is 50.5 Å². The van der Waals surface area contributed by atoms with E-state index in [4.69, 9.17) is 4.74 Å². The number of nitrogens with one attached hydrogen (secondary N) is 1. The number of rotatable bonds is 2. The lowest BCUT2D eigenvalue weighted by Gasteiger charge is -2.43. The van der Waals surface area contributed by atoms with Gasteiger partial charge in [0, 0.05) is 31.0 Å². The van der Waals surface area contributed by atoms with Crippen molar-refractivity contribution in [3.63, 3.8) is 0 Å². The standard InChI is InChI=1S/C18H26N2O/c1-2-14-5-6-17-15(11-14)16(20-9-3-4-10-20)12-18(21-17)7-8-19-13-18/h5-6,11,16,19H,2-4,7-10,12-13H2,1H3. The zero-order valence-electron chi connectivity index (χ0n) is 13.0. The highest BCUT2D eigenvalue weighted by Crippen LogP contribution is 2.46. The van der Waals surface area contributed by atoms with Gasteiger partial charge in [0.15, 0.2) is 0 Å². The Hall–Kier alpha value is -1.06. The van der Waals surface area contributed by atoms with E-state index in [0.29, 0.717) is 6.04 Å². The smallest absolute Gasteiger partial charge is 0.125 e. The number of fused-ring (bicyclic) bond motifs is 1. The van der Waals surface area contributed by atoms with Gasteiger partial charge in [-0.1, -0.05) is 19.1 Å². The van der Waals surface area contributed by atoms with E-state index in [-0.39, 0.29) is 5.60 Å². The molecule has 3 aliphatic heterocycles. The molecule has 21 heavy (non-hydrogen) atoms. The molecule has 3 aliphatic rings. The molecule has 1 aromatic rings. The van der Waals surface area contributed by atoms with Crippen LogP contribution >= 0.6 is 0 Å². The van der Waals surface area contributed by atoms with Crippen LogP contribution in [0, 0.1) is 0 Å². The molecule has 114 valence electrons. The van der Waals surface area contributed by atoms with E-state index in [2.05, 4.69) is 35.3 Å². The van der Waals surface area contributed by atoms with Crippen molar-refractivity contribution in [3.8, 4) is 5.75 Å². The zero-order valence-corrected chi connectivity index (χ0v) is 13.0. The highest BCUT2D eigenvalue weighted by atomic mass is 16.5. The number of hydrogen-bond acceptors (Lipinski definition) is 3. The normalized spacial score (nSPS) is 32.3. The van der Waals surface area contributed by atoms with Crippen LogP contribution in [0.2, 0.25) is 0 Å². The molecule has 1 spiro atoms. The largest absolute Gasteiger partial charge is 0.485 e. The minimum atomic E-state index is 0.0357. The number of aryl methyl sites for hydroxylation is 1. The predicted octanol–water partition coefficient (Wildman–Crippen LogP) is 2.90. The van der Waals surface area contributed by atoms with Crippen molar-refractivity contribution in [2.45, 2.75) is 50.7 Å². The van der Waals surface area contributed by atoms with Crippen LogP contribution in [0.5, 0.6) is 5.75 Å². The summed E-state index contributed by atoms with van der Waals surface area (Å²) in [4.78, 5) is 2.70. The van der Waals surface area contributed by atoms with E-state index >= 15 is 0 Å². The van der Waals surface area contributed by atoms with E-state index in [1.54, 1.807) is 0 Å². The van der Waals surface area contributed by atoms with Crippen LogP contribution in [0.4, 0.5) is 0 Å². The Labute approximate surface area is 127 Å². The second-order valence-electron chi connectivity index (χ2n) is 6.90. The fourth-order valence-electron chi connectivity index (χ4n) is 4.27. The molecule has 0 aliphatic carbocycles. The Morgan fingerprint density at radius 3 is 2.90 bits per heavy atom. The molecule has 0 aromatic heterocycles. The SMILES string of the molecule is CCc1ccc2c(c1)C(N1CCCC1)CC1(CCNC1)O2. The molecule has 2 atom stereocenters. The quantitative estimate of drug-likeness (QED) is 0.905. The summed E-state index contributed by atoms with van der Waals surface area (Å²) in [5.41, 5.74) is 2.91. The maximum absolute atomic E-state index is 6.48. The number of benzene rings is 1. The van der Waals surface area contributed by atoms with Gasteiger partial charge in [-0.3, -0.25) is 4.90 Å². The fraction of sp³-hybridized carbons (Fsp3) is 0.667. The van der Waals surface area contributed by atoms with E-state index in [9.17, 15) is 0 Å². The topological polar surface area (TPSA) is 24.5 Å². The van der Waals surface area contributed by atoms with Gasteiger partial charge in [-0.15, -0.1) is 0 Å². The molecule has 0 bridgehead atoms. The Bertz CT molecular complexity index is 516. The molecular weight excluding hydrogens is 260 g/mol. The van der Waals surface area contributed by atoms with Crippen molar-refractivity contribution in [3.05, 3.63) is 29.3 Å². The van der Waals surface area contributed by atoms with Crippen molar-refractivity contribution in [1.82, 2.24) is 10.2 Å². The van der Waals surface area contributed by atoms with Gasteiger partial charge in [0.1, 0.15) is 11.4 Å².